The molecule has 0 atom stereocenters. The molecule has 2 nitrogen and oxygen atoms in total. The first-order valence-corrected chi connectivity index (χ1v) is 6.63. The first kappa shape index (κ1) is 11.7. The normalized spacial score (nSPS) is 15.5. The Morgan fingerprint density at radius 3 is 2.83 bits per heavy atom. The summed E-state index contributed by atoms with van der Waals surface area (Å²) in [7, 11) is 0. The third-order valence-electron chi connectivity index (χ3n) is 3.62. The van der Waals surface area contributed by atoms with Crippen LogP contribution < -0.4 is 5.32 Å². The third kappa shape index (κ3) is 1.83. The summed E-state index contributed by atoms with van der Waals surface area (Å²) in [5.41, 5.74) is 2.84. The summed E-state index contributed by atoms with van der Waals surface area (Å²) in [5.74, 6) is 1.27. The molecular weight excluding hydrogens is 229 g/mol. The lowest BCUT2D eigenvalue weighted by atomic mass is 10.0. The number of furan rings is 1. The van der Waals surface area contributed by atoms with Crippen LogP contribution >= 0.6 is 0 Å². The van der Waals surface area contributed by atoms with Crippen molar-refractivity contribution >= 4 is 11.0 Å². The Bertz CT molecular complexity index is 584. The average Bonchev–Trinajstić information content (AvgIpc) is 3.12. The molecule has 0 bridgehead atoms. The molecule has 2 aromatic rings. The van der Waals surface area contributed by atoms with Crippen molar-refractivity contribution < 1.29 is 8.81 Å². The van der Waals surface area contributed by atoms with Crippen LogP contribution in [0, 0.1) is 12.7 Å². The van der Waals surface area contributed by atoms with Crippen molar-refractivity contribution in [1.82, 2.24) is 5.32 Å². The monoisotopic (exact) mass is 247 g/mol. The minimum atomic E-state index is -0.149. The van der Waals surface area contributed by atoms with E-state index in [9.17, 15) is 4.39 Å². The van der Waals surface area contributed by atoms with Crippen molar-refractivity contribution in [3.63, 3.8) is 0 Å². The molecule has 1 heterocycles. The number of hydrogen-bond acceptors (Lipinski definition) is 2. The molecule has 18 heavy (non-hydrogen) atoms. The number of hydrogen-bond donors (Lipinski definition) is 1. The standard InChI is InChI=1S/C15H18FNO/c1-3-17-8-12-13(10-5-6-10)14-11(16)7-4-9(2)15(14)18-12/h4,7,10,17H,3,5-6,8H2,1-2H3. The molecule has 3 heteroatoms. The summed E-state index contributed by atoms with van der Waals surface area (Å²) < 4.78 is 20.0. The minimum absolute atomic E-state index is 0.149. The zero-order valence-electron chi connectivity index (χ0n) is 10.8. The fraction of sp³-hybridized carbons (Fsp3) is 0.467. The first-order valence-electron chi connectivity index (χ1n) is 6.63. The molecule has 0 saturated heterocycles. The van der Waals surface area contributed by atoms with Crippen molar-refractivity contribution in [2.75, 3.05) is 6.54 Å². The van der Waals surface area contributed by atoms with Gasteiger partial charge < -0.3 is 9.73 Å². The molecule has 0 aliphatic heterocycles. The molecule has 1 aromatic heterocycles. The van der Waals surface area contributed by atoms with Gasteiger partial charge in [0.2, 0.25) is 0 Å². The van der Waals surface area contributed by atoms with Crippen LogP contribution in [0.1, 0.15) is 42.6 Å². The highest BCUT2D eigenvalue weighted by molar-refractivity contribution is 5.86. The zero-order valence-corrected chi connectivity index (χ0v) is 10.8. The number of nitrogens with one attached hydrogen (secondary N) is 1. The van der Waals surface area contributed by atoms with Gasteiger partial charge in [0.1, 0.15) is 17.2 Å². The topological polar surface area (TPSA) is 25.2 Å². The van der Waals surface area contributed by atoms with E-state index >= 15 is 0 Å². The second kappa shape index (κ2) is 4.39. The predicted octanol–water partition coefficient (Wildman–Crippen LogP) is 3.87. The van der Waals surface area contributed by atoms with Gasteiger partial charge in [0.25, 0.3) is 0 Å². The lowest BCUT2D eigenvalue weighted by Crippen LogP contribution is -2.12. The van der Waals surface area contributed by atoms with Crippen LogP contribution in [0.3, 0.4) is 0 Å². The number of aryl methyl sites for hydroxylation is 1. The number of benzene rings is 1. The molecule has 1 fully saturated rings. The average molecular weight is 247 g/mol. The lowest BCUT2D eigenvalue weighted by molar-refractivity contribution is 0.512. The third-order valence-corrected chi connectivity index (χ3v) is 3.62. The van der Waals surface area contributed by atoms with Gasteiger partial charge in [0.05, 0.1) is 11.9 Å². The summed E-state index contributed by atoms with van der Waals surface area (Å²) in [6, 6.07) is 3.34. The Labute approximate surface area is 106 Å². The van der Waals surface area contributed by atoms with Crippen molar-refractivity contribution in [2.45, 2.75) is 39.2 Å². The minimum Gasteiger partial charge on any atom is -0.459 e. The van der Waals surface area contributed by atoms with E-state index in [1.54, 1.807) is 12.1 Å². The van der Waals surface area contributed by atoms with Crippen molar-refractivity contribution in [2.24, 2.45) is 0 Å². The molecule has 1 aliphatic rings. The lowest BCUT2D eigenvalue weighted by Gasteiger charge is -2.02. The number of halogens is 1. The summed E-state index contributed by atoms with van der Waals surface area (Å²) in [6.45, 7) is 5.61. The number of fused-ring (bicyclic) bond motifs is 1. The molecule has 0 radical (unpaired) electrons. The summed E-state index contributed by atoms with van der Waals surface area (Å²) in [5, 5.41) is 3.98. The molecular formula is C15H18FNO. The Hall–Kier alpha value is -1.35. The van der Waals surface area contributed by atoms with E-state index in [4.69, 9.17) is 4.42 Å². The maximum atomic E-state index is 14.1. The van der Waals surface area contributed by atoms with Crippen molar-refractivity contribution in [1.29, 1.82) is 0 Å². The molecule has 96 valence electrons. The fourth-order valence-electron chi connectivity index (χ4n) is 2.54. The van der Waals surface area contributed by atoms with Gasteiger partial charge in [-0.25, -0.2) is 4.39 Å². The Balaban J connectivity index is 2.19. The highest BCUT2D eigenvalue weighted by atomic mass is 19.1. The highest BCUT2D eigenvalue weighted by Gasteiger charge is 2.32. The molecule has 1 aromatic carbocycles. The first-order chi connectivity index (χ1) is 8.72. The molecule has 1 N–H and O–H groups in total. The van der Waals surface area contributed by atoms with Crippen molar-refractivity contribution in [3.05, 3.63) is 34.8 Å². The van der Waals surface area contributed by atoms with Gasteiger partial charge in [-0.1, -0.05) is 13.0 Å². The van der Waals surface area contributed by atoms with Crippen LogP contribution in [0.2, 0.25) is 0 Å². The molecule has 1 saturated carbocycles. The van der Waals surface area contributed by atoms with Crippen LogP contribution in [-0.2, 0) is 6.54 Å². The van der Waals surface area contributed by atoms with Gasteiger partial charge in [0.15, 0.2) is 0 Å². The number of rotatable bonds is 4. The maximum absolute atomic E-state index is 14.1. The molecule has 1 aliphatic carbocycles. The Kier molecular flexibility index (Phi) is 2.86. The smallest absolute Gasteiger partial charge is 0.140 e. The van der Waals surface area contributed by atoms with Gasteiger partial charge in [-0.3, -0.25) is 0 Å². The second-order valence-corrected chi connectivity index (χ2v) is 5.06. The van der Waals surface area contributed by atoms with E-state index in [-0.39, 0.29) is 5.82 Å². The van der Waals surface area contributed by atoms with Crippen molar-refractivity contribution in [3.8, 4) is 0 Å². The van der Waals surface area contributed by atoms with Gasteiger partial charge in [-0.15, -0.1) is 0 Å². The Morgan fingerprint density at radius 1 is 1.39 bits per heavy atom. The fourth-order valence-corrected chi connectivity index (χ4v) is 2.54. The van der Waals surface area contributed by atoms with Crippen LogP contribution in [-0.4, -0.2) is 6.54 Å². The highest BCUT2D eigenvalue weighted by Crippen LogP contribution is 2.47. The Morgan fingerprint density at radius 2 is 2.17 bits per heavy atom. The molecule has 0 spiro atoms. The van der Waals surface area contributed by atoms with Crippen LogP contribution in [0.25, 0.3) is 11.0 Å². The predicted molar refractivity (Wildman–Crippen MR) is 70.3 cm³/mol. The SMILES string of the molecule is CCNCc1oc2c(C)ccc(F)c2c1C1CC1. The molecule has 3 rings (SSSR count). The summed E-state index contributed by atoms with van der Waals surface area (Å²) in [4.78, 5) is 0. The largest absolute Gasteiger partial charge is 0.459 e. The summed E-state index contributed by atoms with van der Waals surface area (Å²) in [6.07, 6.45) is 2.31. The van der Waals surface area contributed by atoms with Crippen LogP contribution in [0.5, 0.6) is 0 Å². The van der Waals surface area contributed by atoms with Gasteiger partial charge in [-0.2, -0.15) is 0 Å². The van der Waals surface area contributed by atoms with E-state index in [1.807, 2.05) is 6.92 Å². The second-order valence-electron chi connectivity index (χ2n) is 5.06. The van der Waals surface area contributed by atoms with Gasteiger partial charge >= 0.3 is 0 Å². The van der Waals surface area contributed by atoms with Crippen LogP contribution in [0.15, 0.2) is 16.5 Å². The van der Waals surface area contributed by atoms with E-state index in [0.717, 1.165) is 41.9 Å². The van der Waals surface area contributed by atoms with Gasteiger partial charge in [-0.05, 0) is 43.9 Å². The maximum Gasteiger partial charge on any atom is 0.140 e. The zero-order chi connectivity index (χ0) is 12.7. The van der Waals surface area contributed by atoms with Gasteiger partial charge in [0, 0.05) is 5.56 Å². The summed E-state index contributed by atoms with van der Waals surface area (Å²) >= 11 is 0. The quantitative estimate of drug-likeness (QED) is 0.887. The van der Waals surface area contributed by atoms with E-state index in [2.05, 4.69) is 12.2 Å². The molecule has 0 unspecified atom stereocenters. The molecule has 0 amide bonds. The van der Waals surface area contributed by atoms with Crippen LogP contribution in [0.4, 0.5) is 4.39 Å². The van der Waals surface area contributed by atoms with E-state index in [0.29, 0.717) is 17.8 Å². The van der Waals surface area contributed by atoms with E-state index < -0.39 is 0 Å². The van der Waals surface area contributed by atoms with E-state index in [1.165, 1.54) is 0 Å².